The second kappa shape index (κ2) is 41.8. The maximum atomic E-state index is 13.0. The van der Waals surface area contributed by atoms with Crippen LogP contribution >= 0.6 is 0 Å². The van der Waals surface area contributed by atoms with Gasteiger partial charge in [0, 0.05) is 13.0 Å². The normalized spacial score (nSPS) is 26.4. The van der Waals surface area contributed by atoms with Crippen molar-refractivity contribution in [3.8, 4) is 0 Å². The fraction of sp³-hybridized carbons (Fsp3) is 0.727. The molecule has 0 saturated carbocycles. The van der Waals surface area contributed by atoms with E-state index < -0.39 is 86.7 Å². The highest BCUT2D eigenvalue weighted by atomic mass is 16.7. The van der Waals surface area contributed by atoms with Gasteiger partial charge in [0.25, 0.3) is 0 Å². The van der Waals surface area contributed by atoms with Crippen LogP contribution in [0.3, 0.4) is 0 Å². The highest BCUT2D eigenvalue weighted by molar-refractivity contribution is 5.69. The minimum Gasteiger partial charge on any atom is -0.457 e. The molecule has 2 aliphatic rings. The summed E-state index contributed by atoms with van der Waals surface area (Å²) in [5, 5.41) is 72.1. The lowest BCUT2D eigenvalue weighted by Crippen LogP contribution is -2.61. The summed E-state index contributed by atoms with van der Waals surface area (Å²) in [5.74, 6) is -0.408. The van der Waals surface area contributed by atoms with Crippen LogP contribution in [0.25, 0.3) is 0 Å². The summed E-state index contributed by atoms with van der Waals surface area (Å²) in [5.41, 5.74) is 0. The summed E-state index contributed by atoms with van der Waals surface area (Å²) >= 11 is 0. The van der Waals surface area contributed by atoms with Crippen LogP contribution in [-0.4, -0.2) is 142 Å². The number of esters is 1. The number of aliphatic hydroxyl groups excluding tert-OH is 7. The average molecular weight is 977 g/mol. The summed E-state index contributed by atoms with van der Waals surface area (Å²) < 4.78 is 34.2. The molecule has 2 heterocycles. The largest absolute Gasteiger partial charge is 0.457 e. The van der Waals surface area contributed by atoms with Crippen molar-refractivity contribution in [2.24, 2.45) is 0 Å². The van der Waals surface area contributed by atoms with Gasteiger partial charge in [0.2, 0.25) is 0 Å². The Kier molecular flexibility index (Phi) is 37.7. The molecule has 14 heteroatoms. The number of hydrogen-bond acceptors (Lipinski definition) is 14. The summed E-state index contributed by atoms with van der Waals surface area (Å²) in [7, 11) is 0. The van der Waals surface area contributed by atoms with E-state index in [4.69, 9.17) is 28.4 Å². The first kappa shape index (κ1) is 62.3. The van der Waals surface area contributed by atoms with Gasteiger partial charge in [-0.05, 0) is 83.5 Å². The smallest absolute Gasteiger partial charge is 0.306 e. The summed E-state index contributed by atoms with van der Waals surface area (Å²) in [6.07, 6.45) is 36.5. The Morgan fingerprint density at radius 1 is 0.493 bits per heavy atom. The van der Waals surface area contributed by atoms with Crippen molar-refractivity contribution in [2.75, 3.05) is 33.0 Å². The molecule has 2 fully saturated rings. The van der Waals surface area contributed by atoms with Crippen LogP contribution in [0.4, 0.5) is 0 Å². The zero-order valence-electron chi connectivity index (χ0n) is 42.0. The van der Waals surface area contributed by atoms with Crippen LogP contribution < -0.4 is 0 Å². The molecule has 396 valence electrons. The number of aliphatic hydroxyl groups is 7. The fourth-order valence-electron chi connectivity index (χ4n) is 7.65. The predicted octanol–water partition coefficient (Wildman–Crippen LogP) is 8.07. The summed E-state index contributed by atoms with van der Waals surface area (Å²) in [6.45, 7) is 3.38. The number of carbonyl (C=O) groups is 1. The highest BCUT2D eigenvalue weighted by Crippen LogP contribution is 2.26. The minimum absolute atomic E-state index is 0.0134. The van der Waals surface area contributed by atoms with Crippen molar-refractivity contribution in [2.45, 2.75) is 223 Å². The van der Waals surface area contributed by atoms with Crippen molar-refractivity contribution in [3.05, 3.63) is 85.1 Å². The first-order chi connectivity index (χ1) is 33.6. The van der Waals surface area contributed by atoms with E-state index in [1.807, 2.05) is 0 Å². The van der Waals surface area contributed by atoms with Gasteiger partial charge in [0.1, 0.15) is 54.9 Å². The first-order valence-corrected chi connectivity index (χ1v) is 26.2. The van der Waals surface area contributed by atoms with E-state index in [9.17, 15) is 40.5 Å². The zero-order valence-corrected chi connectivity index (χ0v) is 42.0. The Bertz CT molecular complexity index is 1460. The molecule has 2 saturated heterocycles. The fourth-order valence-corrected chi connectivity index (χ4v) is 7.65. The number of ether oxygens (including phenoxy) is 6. The molecule has 11 unspecified atom stereocenters. The number of carbonyl (C=O) groups excluding carboxylic acids is 1. The monoisotopic (exact) mass is 977 g/mol. The Morgan fingerprint density at radius 2 is 0.942 bits per heavy atom. The molecule has 2 rings (SSSR count). The zero-order chi connectivity index (χ0) is 50.2. The summed E-state index contributed by atoms with van der Waals surface area (Å²) in [4.78, 5) is 13.0. The Hall–Kier alpha value is -2.83. The van der Waals surface area contributed by atoms with E-state index in [0.717, 1.165) is 89.9 Å². The number of unbranched alkanes of at least 4 members (excludes halogenated alkanes) is 12. The molecule has 0 bridgehead atoms. The van der Waals surface area contributed by atoms with Gasteiger partial charge in [-0.3, -0.25) is 4.79 Å². The molecule has 11 atom stereocenters. The van der Waals surface area contributed by atoms with Crippen molar-refractivity contribution in [1.82, 2.24) is 0 Å². The minimum atomic E-state index is -1.72. The van der Waals surface area contributed by atoms with E-state index in [1.54, 1.807) is 0 Å². The molecule has 2 aliphatic heterocycles. The lowest BCUT2D eigenvalue weighted by molar-refractivity contribution is -0.332. The van der Waals surface area contributed by atoms with Crippen LogP contribution in [0.2, 0.25) is 0 Å². The van der Waals surface area contributed by atoms with Crippen LogP contribution in [0.5, 0.6) is 0 Å². The van der Waals surface area contributed by atoms with E-state index in [0.29, 0.717) is 13.0 Å². The van der Waals surface area contributed by atoms with Crippen molar-refractivity contribution in [1.29, 1.82) is 0 Å². The molecule has 0 radical (unpaired) electrons. The molecule has 0 amide bonds. The van der Waals surface area contributed by atoms with Crippen molar-refractivity contribution in [3.63, 3.8) is 0 Å². The van der Waals surface area contributed by atoms with Gasteiger partial charge in [-0.1, -0.05) is 150 Å². The van der Waals surface area contributed by atoms with Crippen LogP contribution in [0.15, 0.2) is 85.1 Å². The quantitative estimate of drug-likeness (QED) is 0.0176. The third kappa shape index (κ3) is 29.3. The van der Waals surface area contributed by atoms with Crippen molar-refractivity contribution < 1.29 is 69.0 Å². The molecular formula is C55H92O14. The topological polar surface area (TPSA) is 214 Å². The molecule has 0 aromatic heterocycles. The standard InChI is InChI=1S/C55H92O14/c1-3-5-7-9-11-13-15-17-19-20-21-22-23-25-27-29-31-33-35-37-39-64-41-44(67-47(57)38-36-34-32-30-28-26-24-18-16-14-12-10-8-6-4-2)42-65-54-53(63)51(61)49(59)46(69-54)43-66-55-52(62)50(60)48(58)45(40-56)68-55/h5,7,11,13,17-19,21-22,24-25,27,31,33,44-46,48-56,58-63H,3-4,6,8-10,12,14-16,20,23,26,28-30,32,34-43H2,1-2H3/b7-5-,13-11-,19-17-,22-21-,24-18-,27-25-,33-31-. The third-order valence-electron chi connectivity index (χ3n) is 11.9. The Morgan fingerprint density at radius 3 is 1.49 bits per heavy atom. The second-order valence-corrected chi connectivity index (χ2v) is 18.0. The first-order valence-electron chi connectivity index (χ1n) is 26.2. The van der Waals surface area contributed by atoms with Crippen LogP contribution in [-0.2, 0) is 33.2 Å². The van der Waals surface area contributed by atoms with Crippen LogP contribution in [0, 0.1) is 0 Å². The number of hydrogen-bond donors (Lipinski definition) is 7. The molecule has 0 aromatic rings. The van der Waals surface area contributed by atoms with Gasteiger partial charge in [-0.15, -0.1) is 0 Å². The second-order valence-electron chi connectivity index (χ2n) is 18.0. The van der Waals surface area contributed by atoms with Gasteiger partial charge >= 0.3 is 5.97 Å². The summed E-state index contributed by atoms with van der Waals surface area (Å²) in [6, 6.07) is 0. The Labute approximate surface area is 414 Å². The van der Waals surface area contributed by atoms with Gasteiger partial charge in [0.05, 0.1) is 26.4 Å². The van der Waals surface area contributed by atoms with E-state index in [1.165, 1.54) is 38.5 Å². The molecule has 14 nitrogen and oxygen atoms in total. The number of allylic oxidation sites excluding steroid dienone is 14. The van der Waals surface area contributed by atoms with Crippen molar-refractivity contribution >= 4 is 5.97 Å². The molecule has 0 aliphatic carbocycles. The Balaban J connectivity index is 1.80. The van der Waals surface area contributed by atoms with E-state index >= 15 is 0 Å². The maximum Gasteiger partial charge on any atom is 0.306 e. The lowest BCUT2D eigenvalue weighted by Gasteiger charge is -2.42. The molecular weight excluding hydrogens is 885 g/mol. The maximum absolute atomic E-state index is 13.0. The highest BCUT2D eigenvalue weighted by Gasteiger charge is 2.47. The molecule has 0 spiro atoms. The predicted molar refractivity (Wildman–Crippen MR) is 270 cm³/mol. The molecule has 0 aromatic carbocycles. The average Bonchev–Trinajstić information content (AvgIpc) is 3.35. The van der Waals surface area contributed by atoms with Gasteiger partial charge in [0.15, 0.2) is 12.6 Å². The molecule has 69 heavy (non-hydrogen) atoms. The van der Waals surface area contributed by atoms with Gasteiger partial charge < -0.3 is 64.2 Å². The molecule has 7 N–H and O–H groups in total. The van der Waals surface area contributed by atoms with E-state index in [2.05, 4.69) is 98.9 Å². The van der Waals surface area contributed by atoms with Gasteiger partial charge in [-0.25, -0.2) is 0 Å². The van der Waals surface area contributed by atoms with Gasteiger partial charge in [-0.2, -0.15) is 0 Å². The van der Waals surface area contributed by atoms with E-state index in [-0.39, 0.29) is 19.6 Å². The SMILES string of the molecule is CC/C=C\C/C=C\C/C=C\C/C=C\C/C=C\C/C=C\CCCOCC(COC1OC(COC2OC(CO)C(O)C(O)C2O)C(O)C(O)C1O)OC(=O)CCCCCCC/C=C\CCCCCCCC. The number of rotatable bonds is 40. The third-order valence-corrected chi connectivity index (χ3v) is 11.9. The van der Waals surface area contributed by atoms with Crippen LogP contribution in [0.1, 0.15) is 155 Å². The lowest BCUT2D eigenvalue weighted by atomic mass is 9.98.